The van der Waals surface area contributed by atoms with Crippen molar-refractivity contribution >= 4 is 0 Å². The van der Waals surface area contributed by atoms with Crippen LogP contribution < -0.4 is 11.1 Å². The Bertz CT molecular complexity index is 369. The van der Waals surface area contributed by atoms with E-state index in [1.54, 1.807) is 0 Å². The molecular formula is C13H18N2. The van der Waals surface area contributed by atoms with E-state index in [0.717, 1.165) is 13.1 Å². The molecule has 2 nitrogen and oxygen atoms in total. The van der Waals surface area contributed by atoms with Crippen LogP contribution in [0.15, 0.2) is 18.2 Å². The fourth-order valence-corrected chi connectivity index (χ4v) is 2.64. The predicted octanol–water partition coefficient (Wildman–Crippen LogP) is 1.39. The van der Waals surface area contributed by atoms with Crippen molar-refractivity contribution in [3.8, 4) is 0 Å². The fourth-order valence-electron chi connectivity index (χ4n) is 2.64. The second kappa shape index (κ2) is 3.62. The summed E-state index contributed by atoms with van der Waals surface area (Å²) in [7, 11) is 0. The highest BCUT2D eigenvalue weighted by molar-refractivity contribution is 5.36. The lowest BCUT2D eigenvalue weighted by atomic mass is 9.88. The highest BCUT2D eigenvalue weighted by atomic mass is 15.0. The van der Waals surface area contributed by atoms with Crippen LogP contribution in [0.4, 0.5) is 0 Å². The van der Waals surface area contributed by atoms with E-state index in [-0.39, 0.29) is 6.04 Å². The standard InChI is InChI=1S/C13H18N2/c14-13(12-7-15-8-12)11-5-4-9-2-1-3-10(9)6-11/h4-6,12-13,15H,1-3,7-8,14H2. The summed E-state index contributed by atoms with van der Waals surface area (Å²) in [6.07, 6.45) is 3.83. The van der Waals surface area contributed by atoms with E-state index in [9.17, 15) is 0 Å². The molecule has 0 bridgehead atoms. The van der Waals surface area contributed by atoms with E-state index in [0.29, 0.717) is 5.92 Å². The number of nitrogens with one attached hydrogen (secondary N) is 1. The molecule has 1 saturated heterocycles. The third-order valence-corrected chi connectivity index (χ3v) is 3.83. The van der Waals surface area contributed by atoms with E-state index >= 15 is 0 Å². The predicted molar refractivity (Wildman–Crippen MR) is 61.8 cm³/mol. The van der Waals surface area contributed by atoms with Crippen molar-refractivity contribution in [2.45, 2.75) is 25.3 Å². The molecule has 1 aromatic carbocycles. The Hall–Kier alpha value is -0.860. The maximum absolute atomic E-state index is 6.25. The van der Waals surface area contributed by atoms with Crippen LogP contribution in [0.1, 0.15) is 29.2 Å². The second-order valence-electron chi connectivity index (χ2n) is 4.83. The number of aryl methyl sites for hydroxylation is 2. The van der Waals surface area contributed by atoms with Crippen LogP contribution >= 0.6 is 0 Å². The Morgan fingerprint density at radius 3 is 2.73 bits per heavy atom. The molecule has 0 spiro atoms. The zero-order valence-corrected chi connectivity index (χ0v) is 9.00. The molecule has 1 fully saturated rings. The van der Waals surface area contributed by atoms with E-state index in [2.05, 4.69) is 23.5 Å². The van der Waals surface area contributed by atoms with E-state index in [1.807, 2.05) is 0 Å². The average molecular weight is 202 g/mol. The molecule has 0 aromatic heterocycles. The smallest absolute Gasteiger partial charge is 0.0348 e. The Kier molecular flexibility index (Phi) is 2.26. The van der Waals surface area contributed by atoms with Gasteiger partial charge in [0.2, 0.25) is 0 Å². The summed E-state index contributed by atoms with van der Waals surface area (Å²) in [5.74, 6) is 0.643. The minimum absolute atomic E-state index is 0.233. The van der Waals surface area contributed by atoms with Gasteiger partial charge in [0.05, 0.1) is 0 Å². The molecule has 1 heterocycles. The van der Waals surface area contributed by atoms with E-state index in [1.165, 1.54) is 36.0 Å². The van der Waals surface area contributed by atoms with Crippen LogP contribution in [0.25, 0.3) is 0 Å². The summed E-state index contributed by atoms with van der Waals surface area (Å²) in [5.41, 5.74) is 10.7. The Morgan fingerprint density at radius 1 is 1.20 bits per heavy atom. The third kappa shape index (κ3) is 1.58. The molecule has 0 saturated carbocycles. The molecule has 15 heavy (non-hydrogen) atoms. The molecule has 3 rings (SSSR count). The van der Waals surface area contributed by atoms with Gasteiger partial charge in [-0.1, -0.05) is 18.2 Å². The Morgan fingerprint density at radius 2 is 2.00 bits per heavy atom. The zero-order valence-electron chi connectivity index (χ0n) is 9.00. The summed E-state index contributed by atoms with van der Waals surface area (Å²) in [4.78, 5) is 0. The number of hydrogen-bond acceptors (Lipinski definition) is 2. The highest BCUT2D eigenvalue weighted by Gasteiger charge is 2.25. The minimum Gasteiger partial charge on any atom is -0.324 e. The van der Waals surface area contributed by atoms with Gasteiger partial charge in [0, 0.05) is 25.0 Å². The van der Waals surface area contributed by atoms with E-state index < -0.39 is 0 Å². The molecule has 1 aliphatic heterocycles. The number of nitrogens with two attached hydrogens (primary N) is 1. The van der Waals surface area contributed by atoms with E-state index in [4.69, 9.17) is 5.73 Å². The van der Waals surface area contributed by atoms with Crippen LogP contribution in [0.2, 0.25) is 0 Å². The number of rotatable bonds is 2. The molecule has 0 radical (unpaired) electrons. The second-order valence-corrected chi connectivity index (χ2v) is 4.83. The number of benzene rings is 1. The maximum Gasteiger partial charge on any atom is 0.0348 e. The van der Waals surface area contributed by atoms with Crippen LogP contribution in [0.5, 0.6) is 0 Å². The lowest BCUT2D eigenvalue weighted by Gasteiger charge is -2.32. The van der Waals surface area contributed by atoms with Crippen molar-refractivity contribution in [2.24, 2.45) is 11.7 Å². The van der Waals surface area contributed by atoms with Crippen molar-refractivity contribution < 1.29 is 0 Å². The molecule has 2 heteroatoms. The third-order valence-electron chi connectivity index (χ3n) is 3.83. The van der Waals surface area contributed by atoms with Gasteiger partial charge in [-0.25, -0.2) is 0 Å². The molecule has 1 aliphatic carbocycles. The van der Waals surface area contributed by atoms with Crippen LogP contribution in [-0.2, 0) is 12.8 Å². The number of hydrogen-bond donors (Lipinski definition) is 2. The van der Waals surface area contributed by atoms with Gasteiger partial charge in [0.15, 0.2) is 0 Å². The highest BCUT2D eigenvalue weighted by Crippen LogP contribution is 2.28. The first-order chi connectivity index (χ1) is 7.34. The van der Waals surface area contributed by atoms with Gasteiger partial charge in [0.25, 0.3) is 0 Å². The van der Waals surface area contributed by atoms with Crippen LogP contribution in [0.3, 0.4) is 0 Å². The van der Waals surface area contributed by atoms with Gasteiger partial charge in [-0.15, -0.1) is 0 Å². The van der Waals surface area contributed by atoms with Crippen molar-refractivity contribution in [3.05, 3.63) is 34.9 Å². The first-order valence-corrected chi connectivity index (χ1v) is 5.92. The quantitative estimate of drug-likeness (QED) is 0.760. The molecule has 1 unspecified atom stereocenters. The molecule has 0 amide bonds. The van der Waals surface area contributed by atoms with Crippen LogP contribution in [0, 0.1) is 5.92 Å². The molecule has 2 aliphatic rings. The van der Waals surface area contributed by atoms with Crippen molar-refractivity contribution in [2.75, 3.05) is 13.1 Å². The fraction of sp³-hybridized carbons (Fsp3) is 0.538. The van der Waals surface area contributed by atoms with Gasteiger partial charge >= 0.3 is 0 Å². The lowest BCUT2D eigenvalue weighted by Crippen LogP contribution is -2.47. The van der Waals surface area contributed by atoms with Crippen molar-refractivity contribution in [1.29, 1.82) is 0 Å². The SMILES string of the molecule is NC(c1ccc2c(c1)CCC2)C1CNC1. The normalized spacial score (nSPS) is 22.2. The molecule has 80 valence electrons. The summed E-state index contributed by atoms with van der Waals surface area (Å²) in [6.45, 7) is 2.16. The molecule has 1 aromatic rings. The topological polar surface area (TPSA) is 38.0 Å². The zero-order chi connectivity index (χ0) is 10.3. The first-order valence-electron chi connectivity index (χ1n) is 5.92. The minimum atomic E-state index is 0.233. The molecule has 3 N–H and O–H groups in total. The van der Waals surface area contributed by atoms with Crippen molar-refractivity contribution in [1.82, 2.24) is 5.32 Å². The first kappa shape index (κ1) is 9.37. The summed E-state index contributed by atoms with van der Waals surface area (Å²) in [5, 5.41) is 3.28. The summed E-state index contributed by atoms with van der Waals surface area (Å²) >= 11 is 0. The summed E-state index contributed by atoms with van der Waals surface area (Å²) < 4.78 is 0. The van der Waals surface area contributed by atoms with Gasteiger partial charge in [-0.05, 0) is 36.0 Å². The maximum atomic E-state index is 6.25. The van der Waals surface area contributed by atoms with Crippen LogP contribution in [-0.4, -0.2) is 13.1 Å². The van der Waals surface area contributed by atoms with Gasteiger partial charge in [-0.2, -0.15) is 0 Å². The van der Waals surface area contributed by atoms with Gasteiger partial charge in [-0.3, -0.25) is 0 Å². The largest absolute Gasteiger partial charge is 0.324 e. The Balaban J connectivity index is 1.85. The number of fused-ring (bicyclic) bond motifs is 1. The lowest BCUT2D eigenvalue weighted by molar-refractivity contribution is 0.295. The Labute approximate surface area is 90.9 Å². The molecular weight excluding hydrogens is 184 g/mol. The van der Waals surface area contributed by atoms with Gasteiger partial charge < -0.3 is 11.1 Å². The average Bonchev–Trinajstić information content (AvgIpc) is 2.61. The summed E-state index contributed by atoms with van der Waals surface area (Å²) in [6, 6.07) is 7.08. The monoisotopic (exact) mass is 202 g/mol. The van der Waals surface area contributed by atoms with Crippen molar-refractivity contribution in [3.63, 3.8) is 0 Å². The molecule has 1 atom stereocenters. The van der Waals surface area contributed by atoms with Gasteiger partial charge in [0.1, 0.15) is 0 Å².